The molecule has 1 aliphatic rings. The monoisotopic (exact) mass is 341 g/mol. The second-order valence-corrected chi connectivity index (χ2v) is 6.81. The van der Waals surface area contributed by atoms with Gasteiger partial charge in [-0.2, -0.15) is 13.2 Å². The third-order valence-electron chi connectivity index (χ3n) is 3.88. The Morgan fingerprint density at radius 3 is 2.78 bits per heavy atom. The third-order valence-corrected chi connectivity index (χ3v) is 4.88. The van der Waals surface area contributed by atoms with E-state index < -0.39 is 12.7 Å². The predicted octanol–water partition coefficient (Wildman–Crippen LogP) is 4.11. The smallest absolute Gasteiger partial charge is 0.361 e. The fourth-order valence-electron chi connectivity index (χ4n) is 2.80. The molecular formula is C16H18F3N3S. The van der Waals surface area contributed by atoms with E-state index in [1.165, 1.54) is 4.90 Å². The Morgan fingerprint density at radius 2 is 2.04 bits per heavy atom. The molecule has 0 radical (unpaired) electrons. The van der Waals surface area contributed by atoms with Crippen molar-refractivity contribution in [3.05, 3.63) is 36.5 Å². The lowest BCUT2D eigenvalue weighted by Gasteiger charge is -2.17. The maximum atomic E-state index is 12.4. The van der Waals surface area contributed by atoms with Gasteiger partial charge < -0.3 is 5.32 Å². The largest absolute Gasteiger partial charge is 0.401 e. The third kappa shape index (κ3) is 4.68. The van der Waals surface area contributed by atoms with E-state index in [0.717, 1.165) is 22.0 Å². The second-order valence-electron chi connectivity index (χ2n) is 5.78. The summed E-state index contributed by atoms with van der Waals surface area (Å²) < 4.78 is 37.2. The first-order valence-corrected chi connectivity index (χ1v) is 8.35. The molecule has 1 unspecified atom stereocenters. The molecule has 0 spiro atoms. The van der Waals surface area contributed by atoms with Crippen molar-refractivity contribution in [3.8, 4) is 10.4 Å². The molecule has 0 saturated carbocycles. The lowest BCUT2D eigenvalue weighted by atomic mass is 10.1. The minimum absolute atomic E-state index is 0.237. The summed E-state index contributed by atoms with van der Waals surface area (Å²) in [7, 11) is 0. The molecule has 2 aromatic rings. The average molecular weight is 341 g/mol. The van der Waals surface area contributed by atoms with Gasteiger partial charge in [-0.3, -0.25) is 4.90 Å². The number of hydrogen-bond donors (Lipinski definition) is 1. The van der Waals surface area contributed by atoms with Gasteiger partial charge in [-0.1, -0.05) is 41.7 Å². The number of likely N-dealkylation sites (tertiary alicyclic amines) is 1. The number of thiazole rings is 1. The van der Waals surface area contributed by atoms with Crippen LogP contribution in [-0.2, 0) is 0 Å². The van der Waals surface area contributed by atoms with Crippen molar-refractivity contribution in [2.75, 3.05) is 31.5 Å². The van der Waals surface area contributed by atoms with Gasteiger partial charge in [-0.25, -0.2) is 4.98 Å². The molecule has 0 bridgehead atoms. The van der Waals surface area contributed by atoms with Gasteiger partial charge in [0.25, 0.3) is 0 Å². The van der Waals surface area contributed by atoms with E-state index in [4.69, 9.17) is 0 Å². The van der Waals surface area contributed by atoms with Crippen LogP contribution in [0.3, 0.4) is 0 Å². The Balaban J connectivity index is 1.49. The summed E-state index contributed by atoms with van der Waals surface area (Å²) in [6.07, 6.45) is -1.49. The molecule has 0 aliphatic carbocycles. The van der Waals surface area contributed by atoms with Crippen LogP contribution < -0.4 is 5.32 Å². The van der Waals surface area contributed by atoms with Crippen LogP contribution in [0.5, 0.6) is 0 Å². The average Bonchev–Trinajstić information content (AvgIpc) is 3.13. The van der Waals surface area contributed by atoms with Gasteiger partial charge in [0.2, 0.25) is 0 Å². The molecule has 23 heavy (non-hydrogen) atoms. The molecule has 7 heteroatoms. The molecule has 1 aromatic heterocycles. The maximum absolute atomic E-state index is 12.4. The Bertz CT molecular complexity index is 627. The lowest BCUT2D eigenvalue weighted by molar-refractivity contribution is -0.143. The maximum Gasteiger partial charge on any atom is 0.401 e. The summed E-state index contributed by atoms with van der Waals surface area (Å²) in [5.74, 6) is 0.237. The number of anilines is 1. The molecule has 3 rings (SSSR count). The standard InChI is InChI=1S/C16H18F3N3S/c17-16(18,19)11-22-7-6-12(10-22)8-20-15-21-9-14(23-15)13-4-2-1-3-5-13/h1-5,9,12H,6-8,10-11H2,(H,20,21). The van der Waals surface area contributed by atoms with Crippen molar-refractivity contribution >= 4 is 16.5 Å². The van der Waals surface area contributed by atoms with E-state index in [-0.39, 0.29) is 5.92 Å². The van der Waals surface area contributed by atoms with Crippen LogP contribution in [0.2, 0.25) is 0 Å². The van der Waals surface area contributed by atoms with Crippen LogP contribution >= 0.6 is 11.3 Å². The highest BCUT2D eigenvalue weighted by Gasteiger charge is 2.34. The topological polar surface area (TPSA) is 28.2 Å². The summed E-state index contributed by atoms with van der Waals surface area (Å²) >= 11 is 1.56. The molecule has 3 nitrogen and oxygen atoms in total. The molecule has 1 fully saturated rings. The molecular weight excluding hydrogens is 323 g/mol. The van der Waals surface area contributed by atoms with E-state index in [0.29, 0.717) is 19.6 Å². The zero-order valence-electron chi connectivity index (χ0n) is 12.5. The van der Waals surface area contributed by atoms with Crippen LogP contribution in [0.1, 0.15) is 6.42 Å². The van der Waals surface area contributed by atoms with E-state index in [9.17, 15) is 13.2 Å². The van der Waals surface area contributed by atoms with Crippen molar-refractivity contribution in [1.82, 2.24) is 9.88 Å². The van der Waals surface area contributed by atoms with Crippen LogP contribution in [0, 0.1) is 5.92 Å². The fourth-order valence-corrected chi connectivity index (χ4v) is 3.63. The van der Waals surface area contributed by atoms with Crippen molar-refractivity contribution in [3.63, 3.8) is 0 Å². The van der Waals surface area contributed by atoms with Gasteiger partial charge in [0, 0.05) is 19.3 Å². The van der Waals surface area contributed by atoms with Crippen LogP contribution in [0.4, 0.5) is 18.3 Å². The van der Waals surface area contributed by atoms with Crippen LogP contribution in [-0.4, -0.2) is 42.2 Å². The lowest BCUT2D eigenvalue weighted by Crippen LogP contribution is -2.33. The number of nitrogens with zero attached hydrogens (tertiary/aromatic N) is 2. The van der Waals surface area contributed by atoms with Gasteiger partial charge in [0.15, 0.2) is 5.13 Å². The molecule has 1 aromatic carbocycles. The predicted molar refractivity (Wildman–Crippen MR) is 86.6 cm³/mol. The number of alkyl halides is 3. The Hall–Kier alpha value is -1.60. The summed E-state index contributed by atoms with van der Waals surface area (Å²) in [5.41, 5.74) is 1.12. The number of rotatable bonds is 5. The molecule has 1 N–H and O–H groups in total. The number of hydrogen-bond acceptors (Lipinski definition) is 4. The fraction of sp³-hybridized carbons (Fsp3) is 0.438. The molecule has 1 aliphatic heterocycles. The molecule has 2 heterocycles. The molecule has 124 valence electrons. The SMILES string of the molecule is FC(F)(F)CN1CCC(CNc2ncc(-c3ccccc3)s2)C1. The van der Waals surface area contributed by atoms with Gasteiger partial charge >= 0.3 is 6.18 Å². The minimum Gasteiger partial charge on any atom is -0.361 e. The summed E-state index contributed by atoms with van der Waals surface area (Å²) in [6, 6.07) is 9.99. The summed E-state index contributed by atoms with van der Waals surface area (Å²) in [6.45, 7) is 0.859. The van der Waals surface area contributed by atoms with E-state index >= 15 is 0 Å². The number of nitrogens with one attached hydrogen (secondary N) is 1. The van der Waals surface area contributed by atoms with Crippen molar-refractivity contribution in [2.45, 2.75) is 12.6 Å². The van der Waals surface area contributed by atoms with E-state index in [1.54, 1.807) is 11.3 Å². The zero-order chi connectivity index (χ0) is 16.3. The Kier molecular flexibility index (Phi) is 4.87. The van der Waals surface area contributed by atoms with Gasteiger partial charge in [-0.15, -0.1) is 0 Å². The molecule has 0 amide bonds. The first kappa shape index (κ1) is 16.3. The van der Waals surface area contributed by atoms with E-state index in [2.05, 4.69) is 10.3 Å². The highest BCUT2D eigenvalue weighted by atomic mass is 32.1. The van der Waals surface area contributed by atoms with Crippen LogP contribution in [0.25, 0.3) is 10.4 Å². The first-order chi connectivity index (χ1) is 11.0. The number of benzene rings is 1. The zero-order valence-corrected chi connectivity index (χ0v) is 13.3. The quantitative estimate of drug-likeness (QED) is 0.887. The van der Waals surface area contributed by atoms with Crippen molar-refractivity contribution in [1.29, 1.82) is 0 Å². The number of halogens is 3. The highest BCUT2D eigenvalue weighted by Crippen LogP contribution is 2.29. The molecule has 1 saturated heterocycles. The van der Waals surface area contributed by atoms with Gasteiger partial charge in [0.1, 0.15) is 0 Å². The highest BCUT2D eigenvalue weighted by molar-refractivity contribution is 7.18. The van der Waals surface area contributed by atoms with Gasteiger partial charge in [-0.05, 0) is 24.4 Å². The second kappa shape index (κ2) is 6.88. The normalized spacial score (nSPS) is 19.2. The Morgan fingerprint density at radius 1 is 1.26 bits per heavy atom. The minimum atomic E-state index is -4.11. The number of aromatic nitrogens is 1. The summed E-state index contributed by atoms with van der Waals surface area (Å²) in [4.78, 5) is 6.90. The Labute approximate surface area is 137 Å². The summed E-state index contributed by atoms with van der Waals surface area (Å²) in [5, 5.41) is 4.08. The van der Waals surface area contributed by atoms with Crippen LogP contribution in [0.15, 0.2) is 36.5 Å². The molecule has 1 atom stereocenters. The van der Waals surface area contributed by atoms with Crippen molar-refractivity contribution in [2.24, 2.45) is 5.92 Å². The van der Waals surface area contributed by atoms with Gasteiger partial charge in [0.05, 0.1) is 11.4 Å². The van der Waals surface area contributed by atoms with E-state index in [1.807, 2.05) is 36.5 Å². The first-order valence-electron chi connectivity index (χ1n) is 7.54. The van der Waals surface area contributed by atoms with Crippen molar-refractivity contribution < 1.29 is 13.2 Å².